The first kappa shape index (κ1) is 23.1. The Morgan fingerprint density at radius 3 is 2.67 bits per heavy atom. The van der Waals surface area contributed by atoms with Gasteiger partial charge in [0.25, 0.3) is 0 Å². The Morgan fingerprint density at radius 2 is 1.97 bits per heavy atom. The summed E-state index contributed by atoms with van der Waals surface area (Å²) in [4.78, 5) is 14.0. The lowest BCUT2D eigenvalue weighted by molar-refractivity contribution is 0.342. The maximum Gasteiger partial charge on any atom is 0.227 e. The van der Waals surface area contributed by atoms with Crippen molar-refractivity contribution in [3.63, 3.8) is 0 Å². The molecule has 172 valence electrons. The Hall–Kier alpha value is -3.02. The van der Waals surface area contributed by atoms with Gasteiger partial charge >= 0.3 is 0 Å². The molecule has 3 heterocycles. The van der Waals surface area contributed by atoms with Crippen LogP contribution >= 0.6 is 22.6 Å². The smallest absolute Gasteiger partial charge is 0.227 e. The van der Waals surface area contributed by atoms with Crippen LogP contribution in [0.5, 0.6) is 5.75 Å². The zero-order valence-corrected chi connectivity index (χ0v) is 21.5. The van der Waals surface area contributed by atoms with Gasteiger partial charge in [-0.3, -0.25) is 0 Å². The predicted octanol–water partition coefficient (Wildman–Crippen LogP) is 5.03. The molecule has 0 saturated carbocycles. The largest absolute Gasteiger partial charge is 0.492 e. The van der Waals surface area contributed by atoms with E-state index in [0.29, 0.717) is 18.3 Å². The number of hydrogen-bond acceptors (Lipinski definition) is 8. The van der Waals surface area contributed by atoms with Crippen LogP contribution in [0.2, 0.25) is 0 Å². The van der Waals surface area contributed by atoms with Crippen LogP contribution in [0.3, 0.4) is 0 Å². The average Bonchev–Trinajstić information content (AvgIpc) is 3.19. The van der Waals surface area contributed by atoms with E-state index >= 15 is 0 Å². The van der Waals surface area contributed by atoms with Crippen molar-refractivity contribution in [3.05, 3.63) is 40.5 Å². The number of hydrogen-bond donors (Lipinski definition) is 2. The van der Waals surface area contributed by atoms with Gasteiger partial charge in [-0.25, -0.2) is 15.0 Å². The van der Waals surface area contributed by atoms with E-state index in [-0.39, 0.29) is 5.41 Å². The number of rotatable bonds is 7. The van der Waals surface area contributed by atoms with Crippen molar-refractivity contribution in [2.24, 2.45) is 12.5 Å². The highest BCUT2D eigenvalue weighted by atomic mass is 127. The summed E-state index contributed by atoms with van der Waals surface area (Å²) in [5.74, 6) is 2.67. The molecule has 0 aliphatic heterocycles. The van der Waals surface area contributed by atoms with Crippen molar-refractivity contribution in [1.29, 1.82) is 0 Å². The molecule has 10 heteroatoms. The topological polar surface area (TPSA) is 103 Å². The Kier molecular flexibility index (Phi) is 6.63. The number of nitrogens with zero attached hydrogens (tertiary/aromatic N) is 6. The first-order chi connectivity index (χ1) is 15.7. The molecule has 0 bridgehead atoms. The summed E-state index contributed by atoms with van der Waals surface area (Å²) in [6.07, 6.45) is 3.48. The van der Waals surface area contributed by atoms with Crippen molar-refractivity contribution in [3.8, 4) is 17.1 Å². The molecular weight excluding hydrogens is 531 g/mol. The summed E-state index contributed by atoms with van der Waals surface area (Å²) in [6, 6.07) is 7.82. The normalized spacial score (nSPS) is 11.6. The second-order valence-corrected chi connectivity index (χ2v) is 9.98. The van der Waals surface area contributed by atoms with Crippen LogP contribution in [-0.2, 0) is 7.05 Å². The van der Waals surface area contributed by atoms with E-state index in [9.17, 15) is 0 Å². The van der Waals surface area contributed by atoms with E-state index in [4.69, 9.17) is 9.72 Å². The highest BCUT2D eigenvalue weighted by Crippen LogP contribution is 2.32. The van der Waals surface area contributed by atoms with Gasteiger partial charge in [0.05, 0.1) is 12.3 Å². The number of ether oxygens (including phenoxy) is 1. The number of halogens is 1. The summed E-state index contributed by atoms with van der Waals surface area (Å²) in [7, 11) is 1.91. The molecule has 0 radical (unpaired) electrons. The third-order valence-corrected chi connectivity index (χ3v) is 5.37. The Labute approximate surface area is 206 Å². The number of aromatic nitrogens is 6. The molecule has 9 nitrogen and oxygen atoms in total. The lowest BCUT2D eigenvalue weighted by atomic mass is 9.97. The van der Waals surface area contributed by atoms with Crippen LogP contribution in [0.15, 0.2) is 36.8 Å². The first-order valence-corrected chi connectivity index (χ1v) is 11.8. The van der Waals surface area contributed by atoms with Crippen LogP contribution < -0.4 is 15.4 Å². The van der Waals surface area contributed by atoms with Crippen molar-refractivity contribution in [2.75, 3.05) is 23.8 Å². The Balaban J connectivity index is 1.68. The quantitative estimate of drug-likeness (QED) is 0.241. The molecule has 2 N–H and O–H groups in total. The lowest BCUT2D eigenvalue weighted by Gasteiger charge is -2.20. The molecule has 1 aromatic carbocycles. The van der Waals surface area contributed by atoms with Crippen molar-refractivity contribution >= 4 is 50.9 Å². The number of fused-ring (bicyclic) bond motifs is 1. The van der Waals surface area contributed by atoms with E-state index in [1.54, 1.807) is 6.33 Å². The van der Waals surface area contributed by atoms with Crippen LogP contribution in [-0.4, -0.2) is 42.9 Å². The van der Waals surface area contributed by atoms with Gasteiger partial charge in [0.1, 0.15) is 21.3 Å². The van der Waals surface area contributed by atoms with Crippen molar-refractivity contribution in [1.82, 2.24) is 29.7 Å². The molecule has 0 unspecified atom stereocenters. The molecule has 0 aliphatic rings. The number of nitrogens with one attached hydrogen (secondary N) is 2. The Morgan fingerprint density at radius 1 is 1.15 bits per heavy atom. The molecule has 0 saturated heterocycles. The van der Waals surface area contributed by atoms with E-state index in [2.05, 4.69) is 74.2 Å². The molecule has 0 spiro atoms. The second kappa shape index (κ2) is 9.46. The average molecular weight is 558 g/mol. The molecule has 0 atom stereocenters. The molecule has 0 amide bonds. The fourth-order valence-corrected chi connectivity index (χ4v) is 3.82. The van der Waals surface area contributed by atoms with E-state index < -0.39 is 0 Å². The maximum absolute atomic E-state index is 5.89. The zero-order valence-electron chi connectivity index (χ0n) is 19.3. The molecular formula is C23H27IN8O. The molecule has 0 fully saturated rings. The highest BCUT2D eigenvalue weighted by Gasteiger charge is 2.15. The summed E-state index contributed by atoms with van der Waals surface area (Å²) in [5.41, 5.74) is 2.56. The van der Waals surface area contributed by atoms with Gasteiger partial charge in [0, 0.05) is 30.7 Å². The Bertz CT molecular complexity index is 1280. The van der Waals surface area contributed by atoms with Gasteiger partial charge in [-0.2, -0.15) is 0 Å². The predicted molar refractivity (Wildman–Crippen MR) is 139 cm³/mol. The van der Waals surface area contributed by atoms with Gasteiger partial charge in [0.2, 0.25) is 5.95 Å². The summed E-state index contributed by atoms with van der Waals surface area (Å²) >= 11 is 2.21. The first-order valence-electron chi connectivity index (χ1n) is 10.7. The number of benzene rings is 1. The summed E-state index contributed by atoms with van der Waals surface area (Å²) in [6.45, 7) is 9.79. The van der Waals surface area contributed by atoms with E-state index in [0.717, 1.165) is 44.0 Å². The van der Waals surface area contributed by atoms with Crippen LogP contribution in [0.1, 0.15) is 27.7 Å². The molecule has 33 heavy (non-hydrogen) atoms. The fraction of sp³-hybridized carbons (Fsp3) is 0.348. The highest BCUT2D eigenvalue weighted by molar-refractivity contribution is 14.1. The van der Waals surface area contributed by atoms with Crippen LogP contribution in [0.4, 0.5) is 17.5 Å². The summed E-state index contributed by atoms with van der Waals surface area (Å²) in [5, 5.41) is 15.8. The molecule has 0 aliphatic carbocycles. The molecule has 4 rings (SSSR count). The lowest BCUT2D eigenvalue weighted by Crippen LogP contribution is -2.20. The SMILES string of the molecule is CCOc1cc(-c2nncn2C)ccc1Nc1ncc2cc(I)nc(NCC(C)(C)C)c2n1. The summed E-state index contributed by atoms with van der Waals surface area (Å²) < 4.78 is 8.64. The third kappa shape index (κ3) is 5.49. The number of pyridine rings is 1. The second-order valence-electron chi connectivity index (χ2n) is 8.87. The van der Waals surface area contributed by atoms with E-state index in [1.807, 2.05) is 49.0 Å². The van der Waals surface area contributed by atoms with Crippen LogP contribution in [0.25, 0.3) is 22.3 Å². The van der Waals surface area contributed by atoms with Crippen molar-refractivity contribution in [2.45, 2.75) is 27.7 Å². The standard InChI is InChI=1S/C23H27IN8O/c1-6-33-17-9-14(21-31-27-13-32(21)5)7-8-16(17)28-22-25-11-15-10-18(24)29-20(19(15)30-22)26-12-23(2,3)4/h7-11,13H,6,12H2,1-5H3,(H,26,29)(H,25,28,30). The van der Waals surface area contributed by atoms with Gasteiger partial charge in [-0.15, -0.1) is 10.2 Å². The van der Waals surface area contributed by atoms with Crippen molar-refractivity contribution < 1.29 is 4.74 Å². The number of aryl methyl sites for hydroxylation is 1. The zero-order chi connectivity index (χ0) is 23.6. The molecule has 3 aromatic heterocycles. The van der Waals surface area contributed by atoms with Gasteiger partial charge < -0.3 is 19.9 Å². The number of anilines is 3. The minimum Gasteiger partial charge on any atom is -0.492 e. The molecule has 4 aromatic rings. The maximum atomic E-state index is 5.89. The fourth-order valence-electron chi connectivity index (χ4n) is 3.24. The third-order valence-electron chi connectivity index (χ3n) is 4.82. The van der Waals surface area contributed by atoms with Crippen LogP contribution in [0, 0.1) is 9.12 Å². The monoisotopic (exact) mass is 558 g/mol. The van der Waals surface area contributed by atoms with Gasteiger partial charge in [0.15, 0.2) is 11.6 Å². The minimum atomic E-state index is 0.111. The minimum absolute atomic E-state index is 0.111. The van der Waals surface area contributed by atoms with Gasteiger partial charge in [-0.1, -0.05) is 20.8 Å². The van der Waals surface area contributed by atoms with E-state index in [1.165, 1.54) is 0 Å². The van der Waals surface area contributed by atoms with Gasteiger partial charge in [-0.05, 0) is 59.2 Å².